The van der Waals surface area contributed by atoms with Crippen molar-refractivity contribution >= 4 is 23.4 Å². The molecule has 0 atom stereocenters. The molecule has 0 saturated heterocycles. The summed E-state index contributed by atoms with van der Waals surface area (Å²) in [5, 5.41) is 12.0. The molecule has 1 heterocycles. The summed E-state index contributed by atoms with van der Waals surface area (Å²) in [6.07, 6.45) is 0. The zero-order valence-corrected chi connectivity index (χ0v) is 18.4. The van der Waals surface area contributed by atoms with Gasteiger partial charge in [-0.3, -0.25) is 4.79 Å². The van der Waals surface area contributed by atoms with Gasteiger partial charge in [-0.1, -0.05) is 29.5 Å². The largest absolute Gasteiger partial charge is 0.493 e. The highest BCUT2D eigenvalue weighted by Crippen LogP contribution is 2.41. The summed E-state index contributed by atoms with van der Waals surface area (Å²) in [7, 11) is 6.52. The van der Waals surface area contributed by atoms with Crippen molar-refractivity contribution < 1.29 is 19.0 Å². The van der Waals surface area contributed by atoms with Gasteiger partial charge in [0.15, 0.2) is 22.5 Å². The van der Waals surface area contributed by atoms with Gasteiger partial charge < -0.3 is 24.1 Å². The number of nitrogens with zero attached hydrogens (tertiary/aromatic N) is 3. The second-order valence-corrected chi connectivity index (χ2v) is 7.42. The number of carbonyl (C=O) groups excluding carboxylic acids is 1. The minimum absolute atomic E-state index is 0.110. The van der Waals surface area contributed by atoms with Crippen LogP contribution in [0.1, 0.15) is 5.56 Å². The normalized spacial score (nSPS) is 10.6. The van der Waals surface area contributed by atoms with Gasteiger partial charge in [0.25, 0.3) is 0 Å². The van der Waals surface area contributed by atoms with E-state index in [4.69, 9.17) is 14.2 Å². The Labute approximate surface area is 179 Å². The van der Waals surface area contributed by atoms with E-state index in [1.165, 1.54) is 11.8 Å². The van der Waals surface area contributed by atoms with Gasteiger partial charge in [-0.05, 0) is 31.2 Å². The third kappa shape index (κ3) is 4.68. The van der Waals surface area contributed by atoms with Gasteiger partial charge >= 0.3 is 0 Å². The van der Waals surface area contributed by atoms with Gasteiger partial charge in [-0.15, -0.1) is 10.2 Å². The molecule has 30 heavy (non-hydrogen) atoms. The zero-order chi connectivity index (χ0) is 21.7. The van der Waals surface area contributed by atoms with Crippen LogP contribution in [0, 0.1) is 6.92 Å². The molecule has 0 saturated carbocycles. The number of thioether (sulfide) groups is 1. The average Bonchev–Trinajstić information content (AvgIpc) is 3.13. The van der Waals surface area contributed by atoms with Gasteiger partial charge in [0.05, 0.1) is 27.1 Å². The van der Waals surface area contributed by atoms with Crippen molar-refractivity contribution in [2.45, 2.75) is 12.1 Å². The van der Waals surface area contributed by atoms with Gasteiger partial charge in [-0.25, -0.2) is 0 Å². The van der Waals surface area contributed by atoms with Crippen LogP contribution in [0.25, 0.3) is 11.4 Å². The van der Waals surface area contributed by atoms with Crippen LogP contribution >= 0.6 is 11.8 Å². The summed E-state index contributed by atoms with van der Waals surface area (Å²) in [5.41, 5.74) is 2.67. The molecule has 3 aromatic rings. The fourth-order valence-corrected chi connectivity index (χ4v) is 3.58. The number of rotatable bonds is 8. The number of aromatic nitrogens is 3. The minimum Gasteiger partial charge on any atom is -0.493 e. The van der Waals surface area contributed by atoms with Crippen LogP contribution in [0.15, 0.2) is 41.6 Å². The van der Waals surface area contributed by atoms with E-state index < -0.39 is 0 Å². The first-order valence-corrected chi connectivity index (χ1v) is 10.1. The monoisotopic (exact) mass is 428 g/mol. The Kier molecular flexibility index (Phi) is 6.83. The maximum absolute atomic E-state index is 12.3. The molecule has 0 fully saturated rings. The van der Waals surface area contributed by atoms with Crippen LogP contribution in [-0.4, -0.2) is 47.8 Å². The van der Waals surface area contributed by atoms with Crippen molar-refractivity contribution in [2.75, 3.05) is 32.4 Å². The standard InChI is InChI=1S/C21H24N4O4S/c1-13-6-8-15(9-7-13)22-18(26)12-30-21-24-23-20(25(21)2)14-10-16(27-3)19(29-5)17(11-14)28-4/h6-11H,12H2,1-5H3,(H,22,26). The third-order valence-corrected chi connectivity index (χ3v) is 5.45. The van der Waals surface area contributed by atoms with E-state index in [9.17, 15) is 4.79 Å². The molecule has 0 unspecified atom stereocenters. The number of ether oxygens (including phenoxy) is 3. The maximum Gasteiger partial charge on any atom is 0.234 e. The van der Waals surface area contributed by atoms with Crippen molar-refractivity contribution in [3.8, 4) is 28.6 Å². The topological polar surface area (TPSA) is 87.5 Å². The molecule has 0 aliphatic heterocycles. The van der Waals surface area contributed by atoms with E-state index in [0.29, 0.717) is 28.2 Å². The Morgan fingerprint density at radius 2 is 1.67 bits per heavy atom. The summed E-state index contributed by atoms with van der Waals surface area (Å²) in [6.45, 7) is 2.00. The fourth-order valence-electron chi connectivity index (χ4n) is 2.87. The number of amides is 1. The lowest BCUT2D eigenvalue weighted by Crippen LogP contribution is -2.14. The number of hydrogen-bond acceptors (Lipinski definition) is 7. The molecule has 2 aromatic carbocycles. The molecule has 3 rings (SSSR count). The molecule has 8 nitrogen and oxygen atoms in total. The fraction of sp³-hybridized carbons (Fsp3) is 0.286. The van der Waals surface area contributed by atoms with Crippen molar-refractivity contribution in [3.05, 3.63) is 42.0 Å². The van der Waals surface area contributed by atoms with Gasteiger partial charge in [0.1, 0.15) is 0 Å². The Morgan fingerprint density at radius 3 is 2.23 bits per heavy atom. The second-order valence-electron chi connectivity index (χ2n) is 6.48. The molecule has 0 aliphatic carbocycles. The Balaban J connectivity index is 1.74. The molecule has 1 amide bonds. The van der Waals surface area contributed by atoms with E-state index in [1.54, 1.807) is 21.3 Å². The molecule has 0 aliphatic rings. The molecule has 158 valence electrons. The number of carbonyl (C=O) groups is 1. The summed E-state index contributed by atoms with van der Waals surface area (Å²) >= 11 is 1.31. The van der Waals surface area contributed by atoms with Gasteiger partial charge in [0.2, 0.25) is 11.7 Å². The van der Waals surface area contributed by atoms with E-state index in [1.807, 2.05) is 54.9 Å². The molecular weight excluding hydrogens is 404 g/mol. The smallest absolute Gasteiger partial charge is 0.234 e. The highest BCUT2D eigenvalue weighted by Gasteiger charge is 2.18. The minimum atomic E-state index is -0.110. The van der Waals surface area contributed by atoms with E-state index >= 15 is 0 Å². The lowest BCUT2D eigenvalue weighted by molar-refractivity contribution is -0.113. The van der Waals surface area contributed by atoms with Crippen LogP contribution < -0.4 is 19.5 Å². The van der Waals surface area contributed by atoms with Crippen molar-refractivity contribution in [2.24, 2.45) is 7.05 Å². The van der Waals surface area contributed by atoms with Gasteiger partial charge in [-0.2, -0.15) is 0 Å². The lowest BCUT2D eigenvalue weighted by atomic mass is 10.1. The van der Waals surface area contributed by atoms with Crippen LogP contribution in [0.5, 0.6) is 17.2 Å². The van der Waals surface area contributed by atoms with E-state index in [2.05, 4.69) is 15.5 Å². The molecular formula is C21H24N4O4S. The van der Waals surface area contributed by atoms with Crippen LogP contribution in [0.2, 0.25) is 0 Å². The second kappa shape index (κ2) is 9.53. The van der Waals surface area contributed by atoms with E-state index in [-0.39, 0.29) is 11.7 Å². The maximum atomic E-state index is 12.3. The average molecular weight is 429 g/mol. The summed E-state index contributed by atoms with van der Waals surface area (Å²) in [4.78, 5) is 12.3. The van der Waals surface area contributed by atoms with Crippen molar-refractivity contribution in [3.63, 3.8) is 0 Å². The highest BCUT2D eigenvalue weighted by molar-refractivity contribution is 7.99. The molecule has 0 bridgehead atoms. The summed E-state index contributed by atoms with van der Waals surface area (Å²) < 4.78 is 18.0. The first-order valence-electron chi connectivity index (χ1n) is 9.16. The van der Waals surface area contributed by atoms with E-state index in [0.717, 1.165) is 16.8 Å². The Bertz CT molecular complexity index is 1010. The zero-order valence-electron chi connectivity index (χ0n) is 17.6. The molecule has 1 N–H and O–H groups in total. The first-order chi connectivity index (χ1) is 14.5. The molecule has 1 aromatic heterocycles. The van der Waals surface area contributed by atoms with Crippen LogP contribution in [0.3, 0.4) is 0 Å². The number of nitrogens with one attached hydrogen (secondary N) is 1. The number of benzene rings is 2. The summed E-state index contributed by atoms with van der Waals surface area (Å²) in [5.74, 6) is 2.29. The Morgan fingerprint density at radius 1 is 1.03 bits per heavy atom. The van der Waals surface area contributed by atoms with Crippen LogP contribution in [0.4, 0.5) is 5.69 Å². The highest BCUT2D eigenvalue weighted by atomic mass is 32.2. The number of methoxy groups -OCH3 is 3. The first kappa shape index (κ1) is 21.5. The predicted molar refractivity (Wildman–Crippen MR) is 117 cm³/mol. The van der Waals surface area contributed by atoms with Crippen LogP contribution in [-0.2, 0) is 11.8 Å². The summed E-state index contributed by atoms with van der Waals surface area (Å²) in [6, 6.07) is 11.3. The number of aryl methyl sites for hydroxylation is 1. The molecule has 0 spiro atoms. The SMILES string of the molecule is COc1cc(-c2nnc(SCC(=O)Nc3ccc(C)cc3)n2C)cc(OC)c1OC. The Hall–Kier alpha value is -3.20. The number of hydrogen-bond donors (Lipinski definition) is 1. The number of anilines is 1. The third-order valence-electron chi connectivity index (χ3n) is 4.43. The van der Waals surface area contributed by atoms with Crippen molar-refractivity contribution in [1.82, 2.24) is 14.8 Å². The molecule has 0 radical (unpaired) electrons. The quantitative estimate of drug-likeness (QED) is 0.549. The lowest BCUT2D eigenvalue weighted by Gasteiger charge is -2.14. The predicted octanol–water partition coefficient (Wildman–Crippen LogP) is 3.55. The van der Waals surface area contributed by atoms with Gasteiger partial charge in [0, 0.05) is 18.3 Å². The van der Waals surface area contributed by atoms with Crippen molar-refractivity contribution in [1.29, 1.82) is 0 Å². The molecule has 9 heteroatoms.